The molecule has 0 amide bonds. The van der Waals surface area contributed by atoms with Crippen molar-refractivity contribution in [2.24, 2.45) is 5.92 Å². The summed E-state index contributed by atoms with van der Waals surface area (Å²) in [4.78, 5) is 11.9. The number of carbonyl (C=O) groups is 1. The summed E-state index contributed by atoms with van der Waals surface area (Å²) in [5, 5.41) is 0. The minimum absolute atomic E-state index is 0.00836. The quantitative estimate of drug-likeness (QED) is 0.780. The first kappa shape index (κ1) is 11.6. The third kappa shape index (κ3) is 1.70. The highest BCUT2D eigenvalue weighted by molar-refractivity contribution is 5.97. The van der Waals surface area contributed by atoms with Crippen LogP contribution in [0.4, 0.5) is 0 Å². The Morgan fingerprint density at radius 1 is 1.10 bits per heavy atom. The summed E-state index contributed by atoms with van der Waals surface area (Å²) in [5.41, 5.74) is 2.75. The molecule has 0 bridgehead atoms. The van der Waals surface area contributed by atoms with E-state index in [1.54, 1.807) is 0 Å². The van der Waals surface area contributed by atoms with Gasteiger partial charge in [0.2, 0.25) is 6.79 Å². The molecule has 1 aromatic carbocycles. The van der Waals surface area contributed by atoms with Crippen molar-refractivity contribution in [1.29, 1.82) is 0 Å². The molecule has 0 radical (unpaired) electrons. The lowest BCUT2D eigenvalue weighted by Gasteiger charge is -2.28. The number of cyclic esters (lactones) is 1. The number of hydrogen-bond acceptors (Lipinski definition) is 5. The van der Waals surface area contributed by atoms with Gasteiger partial charge >= 0.3 is 5.97 Å². The molecule has 108 valence electrons. The second kappa shape index (κ2) is 4.01. The van der Waals surface area contributed by atoms with Gasteiger partial charge in [0.1, 0.15) is 6.61 Å². The fourth-order valence-electron chi connectivity index (χ4n) is 3.22. The summed E-state index contributed by atoms with van der Waals surface area (Å²) in [6, 6.07) is 3.91. The van der Waals surface area contributed by atoms with Crippen molar-refractivity contribution in [3.63, 3.8) is 0 Å². The second-order valence-electron chi connectivity index (χ2n) is 5.90. The number of carbonyl (C=O) groups excluding carboxylic acids is 1. The summed E-state index contributed by atoms with van der Waals surface area (Å²) in [6.07, 6.45) is 4.27. The van der Waals surface area contributed by atoms with Crippen LogP contribution in [0.3, 0.4) is 0 Å². The molecule has 1 saturated heterocycles. The zero-order valence-corrected chi connectivity index (χ0v) is 11.3. The molecule has 5 nitrogen and oxygen atoms in total. The van der Waals surface area contributed by atoms with Gasteiger partial charge < -0.3 is 18.9 Å². The Bertz CT molecular complexity index is 673. The first-order valence-corrected chi connectivity index (χ1v) is 7.27. The molecule has 21 heavy (non-hydrogen) atoms. The molecular formula is C16H14O5. The van der Waals surface area contributed by atoms with E-state index in [-0.39, 0.29) is 24.8 Å². The first-order chi connectivity index (χ1) is 10.3. The highest BCUT2D eigenvalue weighted by atomic mass is 16.7. The van der Waals surface area contributed by atoms with E-state index in [0.29, 0.717) is 18.3 Å². The Kier molecular flexibility index (Phi) is 2.22. The van der Waals surface area contributed by atoms with Gasteiger partial charge in [0.05, 0.1) is 18.1 Å². The van der Waals surface area contributed by atoms with Gasteiger partial charge in [0, 0.05) is 5.57 Å². The van der Waals surface area contributed by atoms with Crippen LogP contribution in [0.5, 0.6) is 11.5 Å². The minimum Gasteiger partial charge on any atom is -0.462 e. The SMILES string of the molecule is O=C1OC[C@H]2C1=Cc1cc3c(cc1[C@@H]2OC1CC1)OCO3. The number of rotatable bonds is 2. The molecule has 0 aromatic heterocycles. The van der Waals surface area contributed by atoms with Crippen molar-refractivity contribution in [2.75, 3.05) is 13.4 Å². The number of esters is 1. The van der Waals surface area contributed by atoms with Crippen molar-refractivity contribution < 1.29 is 23.7 Å². The van der Waals surface area contributed by atoms with Gasteiger partial charge in [0.25, 0.3) is 0 Å². The number of ether oxygens (including phenoxy) is 4. The molecule has 1 saturated carbocycles. The summed E-state index contributed by atoms with van der Waals surface area (Å²) < 4.78 is 22.3. The van der Waals surface area contributed by atoms with Gasteiger partial charge in [0.15, 0.2) is 11.5 Å². The Hall–Kier alpha value is -2.01. The average Bonchev–Trinajstić information content (AvgIpc) is 3.06. The maximum absolute atomic E-state index is 11.9. The van der Waals surface area contributed by atoms with Crippen LogP contribution < -0.4 is 9.47 Å². The topological polar surface area (TPSA) is 54.0 Å². The predicted octanol–water partition coefficient (Wildman–Crippen LogP) is 2.21. The molecule has 0 spiro atoms. The molecule has 2 aliphatic heterocycles. The molecule has 1 aromatic rings. The van der Waals surface area contributed by atoms with Gasteiger partial charge in [-0.1, -0.05) is 0 Å². The highest BCUT2D eigenvalue weighted by Gasteiger charge is 2.44. The molecule has 2 atom stereocenters. The Morgan fingerprint density at radius 3 is 2.71 bits per heavy atom. The molecule has 2 fully saturated rings. The van der Waals surface area contributed by atoms with Crippen LogP contribution in [0.1, 0.15) is 30.1 Å². The zero-order valence-electron chi connectivity index (χ0n) is 11.3. The molecule has 0 unspecified atom stereocenters. The normalized spacial score (nSPS) is 28.8. The second-order valence-corrected chi connectivity index (χ2v) is 5.90. The summed E-state index contributed by atoms with van der Waals surface area (Å²) >= 11 is 0. The van der Waals surface area contributed by atoms with Crippen molar-refractivity contribution in [2.45, 2.75) is 25.0 Å². The van der Waals surface area contributed by atoms with Gasteiger partial charge in [-0.2, -0.15) is 0 Å². The average molecular weight is 286 g/mol. The molecule has 5 heteroatoms. The lowest BCUT2D eigenvalue weighted by atomic mass is 9.82. The van der Waals surface area contributed by atoms with Crippen LogP contribution in [0.2, 0.25) is 0 Å². The molecular weight excluding hydrogens is 272 g/mol. The predicted molar refractivity (Wildman–Crippen MR) is 71.8 cm³/mol. The Morgan fingerprint density at radius 2 is 1.90 bits per heavy atom. The van der Waals surface area contributed by atoms with E-state index in [1.807, 2.05) is 18.2 Å². The standard InChI is InChI=1S/C16H14O5/c17-16-11-3-8-4-13-14(20-7-19-13)5-10(8)15(12(11)6-18-16)21-9-1-2-9/h3-5,9,12,15H,1-2,6-7H2/t12-,15-/m0/s1. The van der Waals surface area contributed by atoms with Crippen molar-refractivity contribution in [3.8, 4) is 11.5 Å². The van der Waals surface area contributed by atoms with Crippen LogP contribution in [0, 0.1) is 5.92 Å². The third-order valence-electron chi connectivity index (χ3n) is 4.45. The molecule has 4 aliphatic rings. The van der Waals surface area contributed by atoms with Gasteiger partial charge in [-0.25, -0.2) is 4.79 Å². The van der Waals surface area contributed by atoms with E-state index >= 15 is 0 Å². The Balaban J connectivity index is 1.65. The lowest BCUT2D eigenvalue weighted by molar-refractivity contribution is -0.135. The number of hydrogen-bond donors (Lipinski definition) is 0. The molecule has 2 heterocycles. The number of benzene rings is 1. The fraction of sp³-hybridized carbons (Fsp3) is 0.438. The molecule has 5 rings (SSSR count). The maximum Gasteiger partial charge on any atom is 0.334 e. The van der Waals surface area contributed by atoms with E-state index in [1.165, 1.54) is 0 Å². The largest absolute Gasteiger partial charge is 0.462 e. The monoisotopic (exact) mass is 286 g/mol. The minimum atomic E-state index is -0.229. The third-order valence-corrected chi connectivity index (χ3v) is 4.45. The summed E-state index contributed by atoms with van der Waals surface area (Å²) in [7, 11) is 0. The van der Waals surface area contributed by atoms with Crippen LogP contribution in [-0.4, -0.2) is 25.5 Å². The smallest absolute Gasteiger partial charge is 0.334 e. The van der Waals surface area contributed by atoms with Gasteiger partial charge in [-0.05, 0) is 42.2 Å². The summed E-state index contributed by atoms with van der Waals surface area (Å²) in [6.45, 7) is 0.643. The van der Waals surface area contributed by atoms with E-state index in [4.69, 9.17) is 18.9 Å². The van der Waals surface area contributed by atoms with E-state index < -0.39 is 0 Å². The molecule has 2 aliphatic carbocycles. The van der Waals surface area contributed by atoms with Crippen LogP contribution in [0.25, 0.3) is 6.08 Å². The van der Waals surface area contributed by atoms with Crippen LogP contribution in [0.15, 0.2) is 17.7 Å². The Labute approximate surface area is 121 Å². The van der Waals surface area contributed by atoms with Crippen molar-refractivity contribution in [3.05, 3.63) is 28.8 Å². The van der Waals surface area contributed by atoms with Crippen molar-refractivity contribution >= 4 is 12.0 Å². The van der Waals surface area contributed by atoms with E-state index in [2.05, 4.69) is 0 Å². The fourth-order valence-corrected chi connectivity index (χ4v) is 3.22. The maximum atomic E-state index is 11.9. The molecule has 0 N–H and O–H groups in total. The van der Waals surface area contributed by atoms with Crippen LogP contribution >= 0.6 is 0 Å². The number of fused-ring (bicyclic) bond motifs is 3. The van der Waals surface area contributed by atoms with E-state index in [0.717, 1.165) is 35.5 Å². The van der Waals surface area contributed by atoms with Crippen molar-refractivity contribution in [1.82, 2.24) is 0 Å². The van der Waals surface area contributed by atoms with Gasteiger partial charge in [-0.15, -0.1) is 0 Å². The summed E-state index contributed by atoms with van der Waals surface area (Å²) in [5.74, 6) is 1.24. The first-order valence-electron chi connectivity index (χ1n) is 7.27. The highest BCUT2D eigenvalue weighted by Crippen LogP contribution is 2.48. The van der Waals surface area contributed by atoms with E-state index in [9.17, 15) is 4.79 Å². The van der Waals surface area contributed by atoms with Crippen LogP contribution in [-0.2, 0) is 14.3 Å². The van der Waals surface area contributed by atoms with Gasteiger partial charge in [-0.3, -0.25) is 0 Å². The zero-order chi connectivity index (χ0) is 14.0. The lowest BCUT2D eigenvalue weighted by Crippen LogP contribution is -2.23.